The van der Waals surface area contributed by atoms with E-state index in [1.54, 1.807) is 12.1 Å². The lowest BCUT2D eigenvalue weighted by atomic mass is 10.2. The Kier molecular flexibility index (Phi) is 2.52. The highest BCUT2D eigenvalue weighted by molar-refractivity contribution is 7.71. The summed E-state index contributed by atoms with van der Waals surface area (Å²) in [5.41, 5.74) is 0.313. The number of H-pyrrole nitrogens is 1. The Hall–Kier alpha value is -1.20. The summed E-state index contributed by atoms with van der Waals surface area (Å²) >= 11 is 11.2. The SMILES string of the molecule is Fc1cccc(Cl)c1-c1n[nH]c(=S)n1C1CC1. The zero-order chi connectivity index (χ0) is 12.0. The fraction of sp³-hybridized carbons (Fsp3) is 0.273. The maximum atomic E-state index is 13.8. The lowest BCUT2D eigenvalue weighted by Gasteiger charge is -2.07. The molecular formula is C11H9ClFN3S. The molecule has 3 nitrogen and oxygen atoms in total. The van der Waals surface area contributed by atoms with Crippen molar-refractivity contribution in [2.24, 2.45) is 0 Å². The summed E-state index contributed by atoms with van der Waals surface area (Å²) in [5, 5.41) is 7.14. The maximum absolute atomic E-state index is 13.8. The molecule has 2 aromatic rings. The fourth-order valence-corrected chi connectivity index (χ4v) is 2.39. The van der Waals surface area contributed by atoms with Gasteiger partial charge in [0.15, 0.2) is 10.6 Å². The second-order valence-corrected chi connectivity index (χ2v) is 4.84. The van der Waals surface area contributed by atoms with Gasteiger partial charge in [0.1, 0.15) is 5.82 Å². The average Bonchev–Trinajstić information content (AvgIpc) is 3.04. The molecule has 0 radical (unpaired) electrons. The number of aromatic amines is 1. The van der Waals surface area contributed by atoms with Crippen LogP contribution in [0.25, 0.3) is 11.4 Å². The van der Waals surface area contributed by atoms with Crippen molar-refractivity contribution in [2.75, 3.05) is 0 Å². The molecule has 0 unspecified atom stereocenters. The van der Waals surface area contributed by atoms with E-state index in [0.29, 0.717) is 27.2 Å². The third-order valence-electron chi connectivity index (χ3n) is 2.80. The number of nitrogens with zero attached hydrogens (tertiary/aromatic N) is 2. The van der Waals surface area contributed by atoms with Gasteiger partial charge in [0.2, 0.25) is 0 Å². The number of hydrogen-bond acceptors (Lipinski definition) is 2. The Morgan fingerprint density at radius 2 is 2.24 bits per heavy atom. The van der Waals surface area contributed by atoms with Crippen LogP contribution in [0.2, 0.25) is 5.02 Å². The Bertz CT molecular complexity index is 610. The molecule has 1 aromatic heterocycles. The second-order valence-electron chi connectivity index (χ2n) is 4.05. The highest BCUT2D eigenvalue weighted by atomic mass is 35.5. The quantitative estimate of drug-likeness (QED) is 0.843. The van der Waals surface area contributed by atoms with E-state index in [9.17, 15) is 4.39 Å². The molecule has 1 fully saturated rings. The number of nitrogens with one attached hydrogen (secondary N) is 1. The Labute approximate surface area is 107 Å². The van der Waals surface area contributed by atoms with E-state index < -0.39 is 0 Å². The van der Waals surface area contributed by atoms with Gasteiger partial charge in [-0.15, -0.1) is 0 Å². The maximum Gasteiger partial charge on any atom is 0.195 e. The first-order chi connectivity index (χ1) is 8.18. The molecule has 1 aliphatic rings. The predicted molar refractivity (Wildman–Crippen MR) is 66.1 cm³/mol. The van der Waals surface area contributed by atoms with Gasteiger partial charge in [-0.05, 0) is 37.2 Å². The van der Waals surface area contributed by atoms with Crippen LogP contribution in [-0.4, -0.2) is 14.8 Å². The molecule has 1 aliphatic carbocycles. The van der Waals surface area contributed by atoms with Gasteiger partial charge in [0.05, 0.1) is 10.6 Å². The number of benzene rings is 1. The first kappa shape index (κ1) is 10.9. The molecule has 17 heavy (non-hydrogen) atoms. The van der Waals surface area contributed by atoms with Crippen molar-refractivity contribution in [2.45, 2.75) is 18.9 Å². The van der Waals surface area contributed by atoms with Gasteiger partial charge in [-0.1, -0.05) is 17.7 Å². The smallest absolute Gasteiger partial charge is 0.195 e. The summed E-state index contributed by atoms with van der Waals surface area (Å²) in [6.45, 7) is 0. The van der Waals surface area contributed by atoms with Gasteiger partial charge in [0.25, 0.3) is 0 Å². The van der Waals surface area contributed by atoms with E-state index in [-0.39, 0.29) is 5.82 Å². The zero-order valence-corrected chi connectivity index (χ0v) is 10.4. The third kappa shape index (κ3) is 1.79. The van der Waals surface area contributed by atoms with E-state index >= 15 is 0 Å². The van der Waals surface area contributed by atoms with Gasteiger partial charge in [-0.3, -0.25) is 9.67 Å². The molecule has 1 saturated carbocycles. The minimum absolute atomic E-state index is 0.313. The van der Waals surface area contributed by atoms with Crippen molar-refractivity contribution >= 4 is 23.8 Å². The summed E-state index contributed by atoms with van der Waals surface area (Å²) in [5.74, 6) is 0.106. The molecule has 1 aromatic carbocycles. The van der Waals surface area contributed by atoms with Crippen LogP contribution in [0, 0.1) is 10.6 Å². The average molecular weight is 270 g/mol. The monoisotopic (exact) mass is 269 g/mol. The van der Waals surface area contributed by atoms with Gasteiger partial charge >= 0.3 is 0 Å². The summed E-state index contributed by atoms with van der Waals surface area (Å²) in [7, 11) is 0. The molecule has 0 saturated heterocycles. The molecule has 0 aliphatic heterocycles. The minimum atomic E-state index is -0.381. The van der Waals surface area contributed by atoms with E-state index in [1.807, 2.05) is 4.57 Å². The van der Waals surface area contributed by atoms with Crippen LogP contribution in [0.5, 0.6) is 0 Å². The number of aromatic nitrogens is 3. The first-order valence-electron chi connectivity index (χ1n) is 5.30. The van der Waals surface area contributed by atoms with Crippen LogP contribution in [0.1, 0.15) is 18.9 Å². The van der Waals surface area contributed by atoms with Crippen LogP contribution in [0.3, 0.4) is 0 Å². The van der Waals surface area contributed by atoms with Crippen molar-refractivity contribution in [3.63, 3.8) is 0 Å². The molecule has 1 heterocycles. The summed E-state index contributed by atoms with van der Waals surface area (Å²) in [4.78, 5) is 0. The lowest BCUT2D eigenvalue weighted by molar-refractivity contribution is 0.626. The standard InChI is InChI=1S/C11H9ClFN3S/c12-7-2-1-3-8(13)9(7)10-14-15-11(17)16(10)6-4-5-6/h1-3,6H,4-5H2,(H,15,17). The molecule has 6 heteroatoms. The molecule has 0 atom stereocenters. The van der Waals surface area contributed by atoms with Crippen molar-refractivity contribution < 1.29 is 4.39 Å². The third-order valence-corrected chi connectivity index (χ3v) is 3.41. The van der Waals surface area contributed by atoms with E-state index in [0.717, 1.165) is 12.8 Å². The second kappa shape index (κ2) is 3.92. The molecule has 0 amide bonds. The molecule has 3 rings (SSSR count). The summed E-state index contributed by atoms with van der Waals surface area (Å²) < 4.78 is 16.2. The summed E-state index contributed by atoms with van der Waals surface area (Å²) in [6, 6.07) is 4.92. The van der Waals surface area contributed by atoms with Gasteiger partial charge in [0, 0.05) is 6.04 Å². The van der Waals surface area contributed by atoms with Crippen molar-refractivity contribution in [3.8, 4) is 11.4 Å². The first-order valence-corrected chi connectivity index (χ1v) is 6.08. The topological polar surface area (TPSA) is 33.6 Å². The molecular weight excluding hydrogens is 261 g/mol. The fourth-order valence-electron chi connectivity index (χ4n) is 1.86. The van der Waals surface area contributed by atoms with Gasteiger partial charge in [-0.25, -0.2) is 4.39 Å². The number of halogens is 2. The van der Waals surface area contributed by atoms with E-state index in [1.165, 1.54) is 6.07 Å². The summed E-state index contributed by atoms with van der Waals surface area (Å²) in [6.07, 6.45) is 2.10. The molecule has 0 bridgehead atoms. The minimum Gasteiger partial charge on any atom is -0.297 e. The van der Waals surface area contributed by atoms with E-state index in [4.69, 9.17) is 23.8 Å². The van der Waals surface area contributed by atoms with Crippen LogP contribution in [0.15, 0.2) is 18.2 Å². The van der Waals surface area contributed by atoms with Crippen LogP contribution in [-0.2, 0) is 0 Å². The Morgan fingerprint density at radius 3 is 2.88 bits per heavy atom. The molecule has 88 valence electrons. The Morgan fingerprint density at radius 1 is 1.47 bits per heavy atom. The zero-order valence-electron chi connectivity index (χ0n) is 8.78. The van der Waals surface area contributed by atoms with Gasteiger partial charge < -0.3 is 0 Å². The normalized spacial score (nSPS) is 15.2. The highest BCUT2D eigenvalue weighted by Gasteiger charge is 2.29. The van der Waals surface area contributed by atoms with E-state index in [2.05, 4.69) is 10.2 Å². The largest absolute Gasteiger partial charge is 0.297 e. The van der Waals surface area contributed by atoms with Crippen molar-refractivity contribution in [1.82, 2.24) is 14.8 Å². The van der Waals surface area contributed by atoms with Crippen LogP contribution < -0.4 is 0 Å². The van der Waals surface area contributed by atoms with Crippen LogP contribution >= 0.6 is 23.8 Å². The predicted octanol–water partition coefficient (Wildman–Crippen LogP) is 3.74. The van der Waals surface area contributed by atoms with Crippen molar-refractivity contribution in [3.05, 3.63) is 33.8 Å². The van der Waals surface area contributed by atoms with Crippen LogP contribution in [0.4, 0.5) is 4.39 Å². The van der Waals surface area contributed by atoms with Gasteiger partial charge in [-0.2, -0.15) is 5.10 Å². The number of hydrogen-bond donors (Lipinski definition) is 1. The molecule has 1 N–H and O–H groups in total. The lowest BCUT2D eigenvalue weighted by Crippen LogP contribution is -1.99. The highest BCUT2D eigenvalue weighted by Crippen LogP contribution is 2.39. The van der Waals surface area contributed by atoms with Crippen molar-refractivity contribution in [1.29, 1.82) is 0 Å². The number of rotatable bonds is 2. The Balaban J connectivity index is 2.25. The molecule has 0 spiro atoms.